The molecule has 0 aliphatic rings. The van der Waals surface area contributed by atoms with Gasteiger partial charge in [-0.05, 0) is 25.1 Å². The number of rotatable bonds is 5. The predicted octanol–water partition coefficient (Wildman–Crippen LogP) is 2.54. The van der Waals surface area contributed by atoms with Crippen LogP contribution in [0.15, 0.2) is 34.7 Å². The van der Waals surface area contributed by atoms with Crippen LogP contribution in [-0.4, -0.2) is 25.3 Å². The highest BCUT2D eigenvalue weighted by molar-refractivity contribution is 5.91. The Morgan fingerprint density at radius 2 is 1.86 bits per heavy atom. The molecular weight excluding hydrogens is 288 g/mol. The van der Waals surface area contributed by atoms with Crippen molar-refractivity contribution in [2.45, 2.75) is 13.5 Å². The Kier molecular flexibility index (Phi) is 4.73. The highest BCUT2D eigenvalue weighted by atomic mass is 16.5. The van der Waals surface area contributed by atoms with Gasteiger partial charge >= 0.3 is 11.9 Å². The summed E-state index contributed by atoms with van der Waals surface area (Å²) in [6, 6.07) is 7.52. The summed E-state index contributed by atoms with van der Waals surface area (Å²) in [5.74, 6) is -0.321. The average Bonchev–Trinajstić information content (AvgIpc) is 2.92. The number of esters is 2. The van der Waals surface area contributed by atoms with E-state index in [1.54, 1.807) is 6.92 Å². The quantitative estimate of drug-likeness (QED) is 0.623. The molecule has 0 saturated carbocycles. The van der Waals surface area contributed by atoms with Crippen molar-refractivity contribution in [3.05, 3.63) is 58.5 Å². The third-order valence-electron chi connectivity index (χ3n) is 3.00. The van der Waals surface area contributed by atoms with Gasteiger partial charge in [0.1, 0.15) is 30.0 Å². The van der Waals surface area contributed by atoms with Gasteiger partial charge in [-0.1, -0.05) is 12.1 Å². The molecule has 0 unspecified atom stereocenters. The molecule has 1 heterocycles. The van der Waals surface area contributed by atoms with Crippen molar-refractivity contribution < 1.29 is 28.3 Å². The van der Waals surface area contributed by atoms with E-state index in [1.807, 2.05) is 0 Å². The average molecular weight is 302 g/mol. The maximum Gasteiger partial charge on any atom is 0.341 e. The van der Waals surface area contributed by atoms with Crippen LogP contribution < -0.4 is 0 Å². The first-order valence-corrected chi connectivity index (χ1v) is 6.45. The molecule has 0 aliphatic heterocycles. The second-order valence-corrected chi connectivity index (χ2v) is 4.49. The Morgan fingerprint density at radius 3 is 2.45 bits per heavy atom. The Hall–Kier alpha value is -2.89. The number of ether oxygens (including phenoxy) is 2. The van der Waals surface area contributed by atoms with Gasteiger partial charge in [0.15, 0.2) is 0 Å². The van der Waals surface area contributed by atoms with Gasteiger partial charge in [-0.15, -0.1) is 0 Å². The molecule has 0 bridgehead atoms. The highest BCUT2D eigenvalue weighted by Crippen LogP contribution is 2.17. The van der Waals surface area contributed by atoms with Gasteiger partial charge < -0.3 is 13.9 Å². The zero-order valence-electron chi connectivity index (χ0n) is 12.1. The molecule has 1 aromatic heterocycles. The van der Waals surface area contributed by atoms with Gasteiger partial charge in [0, 0.05) is 5.56 Å². The fraction of sp³-hybridized carbons (Fsp3) is 0.188. The van der Waals surface area contributed by atoms with E-state index in [-0.39, 0.29) is 6.61 Å². The van der Waals surface area contributed by atoms with E-state index < -0.39 is 11.9 Å². The van der Waals surface area contributed by atoms with Crippen molar-refractivity contribution in [1.82, 2.24) is 0 Å². The Bertz CT molecular complexity index is 696. The first-order valence-electron chi connectivity index (χ1n) is 6.45. The minimum Gasteiger partial charge on any atom is -0.465 e. The van der Waals surface area contributed by atoms with Gasteiger partial charge in [-0.2, -0.15) is 0 Å². The number of methoxy groups -OCH3 is 1. The third kappa shape index (κ3) is 3.41. The van der Waals surface area contributed by atoms with Gasteiger partial charge in [0.2, 0.25) is 0 Å². The predicted molar refractivity (Wildman–Crippen MR) is 75.7 cm³/mol. The summed E-state index contributed by atoms with van der Waals surface area (Å²) in [6.45, 7) is 1.52. The topological polar surface area (TPSA) is 82.8 Å². The highest BCUT2D eigenvalue weighted by Gasteiger charge is 2.16. The summed E-state index contributed by atoms with van der Waals surface area (Å²) >= 11 is 0. The van der Waals surface area contributed by atoms with E-state index in [0.717, 1.165) is 0 Å². The molecule has 1 aromatic carbocycles. The Labute approximate surface area is 126 Å². The summed E-state index contributed by atoms with van der Waals surface area (Å²) in [5.41, 5.74) is 1.09. The summed E-state index contributed by atoms with van der Waals surface area (Å²) in [7, 11) is 1.28. The molecule has 6 heteroatoms. The largest absolute Gasteiger partial charge is 0.465 e. The molecule has 2 rings (SSSR count). The molecule has 22 heavy (non-hydrogen) atoms. The molecule has 114 valence electrons. The molecule has 6 nitrogen and oxygen atoms in total. The number of benzene rings is 1. The number of carbonyl (C=O) groups is 3. The van der Waals surface area contributed by atoms with E-state index in [9.17, 15) is 14.4 Å². The molecule has 0 fully saturated rings. The van der Waals surface area contributed by atoms with Crippen LogP contribution in [0.1, 0.15) is 42.6 Å². The first-order chi connectivity index (χ1) is 10.5. The molecular formula is C16H14O6. The van der Waals surface area contributed by atoms with E-state index >= 15 is 0 Å². The van der Waals surface area contributed by atoms with Crippen LogP contribution in [0.25, 0.3) is 0 Å². The number of hydrogen-bond acceptors (Lipinski definition) is 6. The van der Waals surface area contributed by atoms with Gasteiger partial charge in [-0.3, -0.25) is 4.79 Å². The minimum absolute atomic E-state index is 0.105. The maximum absolute atomic E-state index is 11.9. The molecule has 0 spiro atoms. The van der Waals surface area contributed by atoms with Crippen LogP contribution >= 0.6 is 0 Å². The fourth-order valence-corrected chi connectivity index (χ4v) is 1.85. The second kappa shape index (κ2) is 6.71. The number of aldehydes is 1. The molecule has 0 aliphatic carbocycles. The van der Waals surface area contributed by atoms with Gasteiger partial charge in [-0.25, -0.2) is 9.59 Å². The maximum atomic E-state index is 11.9. The molecule has 0 atom stereocenters. The van der Waals surface area contributed by atoms with Crippen LogP contribution in [0.5, 0.6) is 0 Å². The number of aryl methyl sites for hydroxylation is 1. The Balaban J connectivity index is 2.01. The normalized spacial score (nSPS) is 10.1. The molecule has 0 saturated heterocycles. The summed E-state index contributed by atoms with van der Waals surface area (Å²) in [6.07, 6.45) is 0.690. The fourth-order valence-electron chi connectivity index (χ4n) is 1.85. The summed E-state index contributed by atoms with van der Waals surface area (Å²) in [4.78, 5) is 33.9. The van der Waals surface area contributed by atoms with Crippen LogP contribution in [0.3, 0.4) is 0 Å². The molecule has 2 aromatic rings. The van der Waals surface area contributed by atoms with Crippen LogP contribution in [0, 0.1) is 6.92 Å². The third-order valence-corrected chi connectivity index (χ3v) is 3.00. The van der Waals surface area contributed by atoms with Crippen molar-refractivity contribution in [2.75, 3.05) is 7.11 Å². The lowest BCUT2D eigenvalue weighted by Gasteiger charge is -2.02. The van der Waals surface area contributed by atoms with E-state index in [2.05, 4.69) is 4.74 Å². The number of furan rings is 1. The summed E-state index contributed by atoms with van der Waals surface area (Å²) < 4.78 is 15.0. The lowest BCUT2D eigenvalue weighted by Crippen LogP contribution is -2.05. The van der Waals surface area contributed by atoms with Gasteiger partial charge in [0.05, 0.1) is 12.7 Å². The van der Waals surface area contributed by atoms with Crippen molar-refractivity contribution in [1.29, 1.82) is 0 Å². The SMILES string of the molecule is COC(=O)c1cc(COC(=O)c2ccc(C=O)cc2)oc1C. The van der Waals surface area contributed by atoms with Crippen molar-refractivity contribution >= 4 is 18.2 Å². The van der Waals surface area contributed by atoms with Crippen molar-refractivity contribution in [2.24, 2.45) is 0 Å². The van der Waals surface area contributed by atoms with Crippen molar-refractivity contribution in [3.63, 3.8) is 0 Å². The number of carbonyl (C=O) groups excluding carboxylic acids is 3. The monoisotopic (exact) mass is 302 g/mol. The van der Waals surface area contributed by atoms with Crippen molar-refractivity contribution in [3.8, 4) is 0 Å². The van der Waals surface area contributed by atoms with E-state index in [4.69, 9.17) is 9.15 Å². The van der Waals surface area contributed by atoms with Crippen LogP contribution in [0.2, 0.25) is 0 Å². The lowest BCUT2D eigenvalue weighted by molar-refractivity contribution is 0.0443. The summed E-state index contributed by atoms with van der Waals surface area (Å²) in [5, 5.41) is 0. The zero-order chi connectivity index (χ0) is 16.1. The van der Waals surface area contributed by atoms with Crippen LogP contribution in [0.4, 0.5) is 0 Å². The number of hydrogen-bond donors (Lipinski definition) is 0. The minimum atomic E-state index is -0.550. The second-order valence-electron chi connectivity index (χ2n) is 4.49. The zero-order valence-corrected chi connectivity index (χ0v) is 12.1. The van der Waals surface area contributed by atoms with E-state index in [0.29, 0.717) is 34.5 Å². The van der Waals surface area contributed by atoms with Crippen LogP contribution in [-0.2, 0) is 16.1 Å². The van der Waals surface area contributed by atoms with E-state index in [1.165, 1.54) is 37.4 Å². The molecule has 0 N–H and O–H groups in total. The first kappa shape index (κ1) is 15.5. The molecule has 0 radical (unpaired) electrons. The standard InChI is InChI=1S/C16H14O6/c1-10-14(16(19)20-2)7-13(22-10)9-21-15(18)12-5-3-11(8-17)4-6-12/h3-8H,9H2,1-2H3. The smallest absolute Gasteiger partial charge is 0.341 e. The molecule has 0 amide bonds. The van der Waals surface area contributed by atoms with Gasteiger partial charge in [0.25, 0.3) is 0 Å². The Morgan fingerprint density at radius 1 is 1.18 bits per heavy atom. The lowest BCUT2D eigenvalue weighted by atomic mass is 10.1.